The summed E-state index contributed by atoms with van der Waals surface area (Å²) >= 11 is 0. The second kappa shape index (κ2) is 5.38. The smallest absolute Gasteiger partial charge is 0.327 e. The van der Waals surface area contributed by atoms with Crippen molar-refractivity contribution in [2.45, 2.75) is 31.5 Å². The highest BCUT2D eigenvalue weighted by molar-refractivity contribution is 5.94. The fraction of sp³-hybridized carbons (Fsp3) is 0.462. The van der Waals surface area contributed by atoms with E-state index >= 15 is 0 Å². The van der Waals surface area contributed by atoms with Crippen molar-refractivity contribution < 1.29 is 26.7 Å². The Hall–Kier alpha value is -1.66. The molecule has 2 nitrogen and oxygen atoms in total. The number of hydrogen-bond acceptors (Lipinski definition) is 1. The van der Waals surface area contributed by atoms with Crippen molar-refractivity contribution in [3.63, 3.8) is 0 Å². The van der Waals surface area contributed by atoms with E-state index in [1.165, 1.54) is 0 Å². The van der Waals surface area contributed by atoms with Crippen LogP contribution >= 0.6 is 0 Å². The molecule has 110 valence electrons. The molecule has 0 bridgehead atoms. The lowest BCUT2D eigenvalue weighted by atomic mass is 10.0. The number of benzene rings is 1. The Balaban J connectivity index is 2.27. The van der Waals surface area contributed by atoms with Crippen molar-refractivity contribution in [3.8, 4) is 0 Å². The zero-order chi connectivity index (χ0) is 14.9. The molecule has 0 N–H and O–H groups in total. The molecule has 0 radical (unpaired) electrons. The lowest BCUT2D eigenvalue weighted by Crippen LogP contribution is -2.51. The van der Waals surface area contributed by atoms with Gasteiger partial charge >= 0.3 is 6.18 Å². The zero-order valence-corrected chi connectivity index (χ0v) is 10.4. The highest BCUT2D eigenvalue weighted by Gasteiger charge is 2.46. The quantitative estimate of drug-likeness (QED) is 0.725. The van der Waals surface area contributed by atoms with Crippen LogP contribution in [0.3, 0.4) is 0 Å². The van der Waals surface area contributed by atoms with Gasteiger partial charge in [0.2, 0.25) is 0 Å². The molecule has 1 fully saturated rings. The summed E-state index contributed by atoms with van der Waals surface area (Å²) < 4.78 is 64.5. The van der Waals surface area contributed by atoms with Gasteiger partial charge in [-0.3, -0.25) is 4.79 Å². The number of hydrogen-bond donors (Lipinski definition) is 0. The Bertz CT molecular complexity index is 514. The summed E-state index contributed by atoms with van der Waals surface area (Å²) in [7, 11) is 0. The van der Waals surface area contributed by atoms with Gasteiger partial charge in [-0.15, -0.1) is 0 Å². The fourth-order valence-electron chi connectivity index (χ4n) is 2.31. The number of amides is 1. The molecular weight excluding hydrogens is 281 g/mol. The molecule has 2 rings (SSSR count). The van der Waals surface area contributed by atoms with Crippen LogP contribution in [0.25, 0.3) is 0 Å². The van der Waals surface area contributed by atoms with Crippen LogP contribution in [-0.4, -0.2) is 29.6 Å². The maximum Gasteiger partial charge on any atom is 0.408 e. The molecule has 1 unspecified atom stereocenters. The largest absolute Gasteiger partial charge is 0.408 e. The molecule has 1 amide bonds. The van der Waals surface area contributed by atoms with Crippen molar-refractivity contribution in [3.05, 3.63) is 35.4 Å². The van der Waals surface area contributed by atoms with Gasteiger partial charge in [-0.25, -0.2) is 8.78 Å². The van der Waals surface area contributed by atoms with Crippen LogP contribution in [0, 0.1) is 11.6 Å². The summed E-state index contributed by atoms with van der Waals surface area (Å²) in [6.07, 6.45) is -3.85. The van der Waals surface area contributed by atoms with Crippen molar-refractivity contribution in [1.29, 1.82) is 0 Å². The summed E-state index contributed by atoms with van der Waals surface area (Å²) in [5.74, 6) is -3.32. The Morgan fingerprint density at radius 3 is 2.45 bits per heavy atom. The molecule has 0 aliphatic carbocycles. The number of alkyl halides is 3. The van der Waals surface area contributed by atoms with Gasteiger partial charge in [-0.05, 0) is 37.5 Å². The van der Waals surface area contributed by atoms with Crippen LogP contribution in [0.15, 0.2) is 18.2 Å². The molecule has 1 saturated heterocycles. The molecule has 0 aromatic heterocycles. The van der Waals surface area contributed by atoms with Crippen molar-refractivity contribution >= 4 is 5.91 Å². The van der Waals surface area contributed by atoms with Gasteiger partial charge in [0.1, 0.15) is 6.04 Å². The van der Waals surface area contributed by atoms with Crippen LogP contribution in [0.2, 0.25) is 0 Å². The first kappa shape index (κ1) is 14.7. The molecular formula is C13H12F5NO. The van der Waals surface area contributed by atoms with Crippen LogP contribution in [0.5, 0.6) is 0 Å². The minimum atomic E-state index is -4.52. The van der Waals surface area contributed by atoms with Gasteiger partial charge in [-0.2, -0.15) is 13.2 Å². The monoisotopic (exact) mass is 293 g/mol. The summed E-state index contributed by atoms with van der Waals surface area (Å²) in [5, 5.41) is 0. The molecule has 1 aliphatic rings. The predicted octanol–water partition coefficient (Wildman–Crippen LogP) is 3.52. The Kier molecular flexibility index (Phi) is 3.96. The van der Waals surface area contributed by atoms with Gasteiger partial charge in [0.05, 0.1) is 0 Å². The molecule has 1 aromatic carbocycles. The first-order valence-corrected chi connectivity index (χ1v) is 6.13. The van der Waals surface area contributed by atoms with Gasteiger partial charge in [0, 0.05) is 12.1 Å². The van der Waals surface area contributed by atoms with E-state index in [0.717, 1.165) is 12.1 Å². The van der Waals surface area contributed by atoms with E-state index in [1.807, 2.05) is 0 Å². The number of piperidine rings is 1. The number of likely N-dealkylation sites (tertiary alicyclic amines) is 1. The second-order valence-electron chi connectivity index (χ2n) is 4.68. The molecule has 0 spiro atoms. The molecule has 0 saturated carbocycles. The Morgan fingerprint density at radius 1 is 1.15 bits per heavy atom. The zero-order valence-electron chi connectivity index (χ0n) is 10.4. The average molecular weight is 293 g/mol. The molecule has 1 aliphatic heterocycles. The summed E-state index contributed by atoms with van der Waals surface area (Å²) in [6.45, 7) is -0.0397. The number of nitrogens with zero attached hydrogens (tertiary/aromatic N) is 1. The maximum atomic E-state index is 13.1. The SMILES string of the molecule is O=C(c1ccc(F)c(F)c1)N1CCCCC1C(F)(F)F. The average Bonchev–Trinajstić information content (AvgIpc) is 2.40. The minimum absolute atomic E-state index is 0.0397. The van der Waals surface area contributed by atoms with Crippen molar-refractivity contribution in [1.82, 2.24) is 4.90 Å². The lowest BCUT2D eigenvalue weighted by molar-refractivity contribution is -0.183. The van der Waals surface area contributed by atoms with E-state index in [2.05, 4.69) is 0 Å². The van der Waals surface area contributed by atoms with Gasteiger partial charge < -0.3 is 4.90 Å². The number of carbonyl (C=O) groups is 1. The third-order valence-electron chi connectivity index (χ3n) is 3.31. The van der Waals surface area contributed by atoms with Crippen LogP contribution < -0.4 is 0 Å². The van der Waals surface area contributed by atoms with Crippen LogP contribution in [-0.2, 0) is 0 Å². The highest BCUT2D eigenvalue weighted by Crippen LogP contribution is 2.32. The number of rotatable bonds is 1. The van der Waals surface area contributed by atoms with Gasteiger partial charge in [-0.1, -0.05) is 0 Å². The van der Waals surface area contributed by atoms with E-state index in [-0.39, 0.29) is 18.5 Å². The van der Waals surface area contributed by atoms with E-state index in [4.69, 9.17) is 0 Å². The third-order valence-corrected chi connectivity index (χ3v) is 3.31. The summed E-state index contributed by atoms with van der Waals surface area (Å²) in [6, 6.07) is 0.481. The normalized spacial score (nSPS) is 20.1. The molecule has 1 heterocycles. The number of carbonyl (C=O) groups excluding carboxylic acids is 1. The first-order chi connectivity index (χ1) is 9.30. The van der Waals surface area contributed by atoms with Crippen molar-refractivity contribution in [2.24, 2.45) is 0 Å². The van der Waals surface area contributed by atoms with E-state index in [1.54, 1.807) is 0 Å². The molecule has 7 heteroatoms. The first-order valence-electron chi connectivity index (χ1n) is 6.13. The lowest BCUT2D eigenvalue weighted by Gasteiger charge is -2.36. The third kappa shape index (κ3) is 2.91. The highest BCUT2D eigenvalue weighted by atomic mass is 19.4. The molecule has 1 aromatic rings. The summed E-state index contributed by atoms with van der Waals surface area (Å²) in [5.41, 5.74) is -0.278. The van der Waals surface area contributed by atoms with E-state index in [9.17, 15) is 26.7 Å². The molecule has 20 heavy (non-hydrogen) atoms. The number of halogens is 5. The Labute approximate surface area is 112 Å². The van der Waals surface area contributed by atoms with Crippen LogP contribution in [0.1, 0.15) is 29.6 Å². The maximum absolute atomic E-state index is 13.1. The Morgan fingerprint density at radius 2 is 1.85 bits per heavy atom. The molecule has 1 atom stereocenters. The van der Waals surface area contributed by atoms with E-state index in [0.29, 0.717) is 23.8 Å². The fourth-order valence-corrected chi connectivity index (χ4v) is 2.31. The summed E-state index contributed by atoms with van der Waals surface area (Å²) in [4.78, 5) is 12.7. The van der Waals surface area contributed by atoms with Crippen molar-refractivity contribution in [2.75, 3.05) is 6.54 Å². The van der Waals surface area contributed by atoms with Gasteiger partial charge in [0.25, 0.3) is 5.91 Å². The van der Waals surface area contributed by atoms with E-state index < -0.39 is 29.8 Å². The topological polar surface area (TPSA) is 20.3 Å². The standard InChI is InChI=1S/C13H12F5NO/c14-9-5-4-8(7-10(9)15)12(20)19-6-2-1-3-11(19)13(16,17)18/h4-5,7,11H,1-3,6H2. The second-order valence-corrected chi connectivity index (χ2v) is 4.68. The van der Waals surface area contributed by atoms with Gasteiger partial charge in [0.15, 0.2) is 11.6 Å². The minimum Gasteiger partial charge on any atom is -0.327 e. The predicted molar refractivity (Wildman–Crippen MR) is 61.1 cm³/mol. The van der Waals surface area contributed by atoms with Crippen LogP contribution in [0.4, 0.5) is 22.0 Å².